The first-order valence-corrected chi connectivity index (χ1v) is 5.91. The van der Waals surface area contributed by atoms with Gasteiger partial charge < -0.3 is 5.11 Å². The maximum atomic E-state index is 10.2. The summed E-state index contributed by atoms with van der Waals surface area (Å²) in [4.78, 5) is 0. The maximum absolute atomic E-state index is 10.2. The van der Waals surface area contributed by atoms with Crippen molar-refractivity contribution in [2.24, 2.45) is 11.8 Å². The van der Waals surface area contributed by atoms with Gasteiger partial charge in [0, 0.05) is 5.38 Å². The summed E-state index contributed by atoms with van der Waals surface area (Å²) in [6.45, 7) is 2.00. The molecule has 0 unspecified atom stereocenters. The van der Waals surface area contributed by atoms with Crippen LogP contribution in [-0.2, 0) is 0 Å². The molecule has 0 aliphatic heterocycles. The van der Waals surface area contributed by atoms with Crippen molar-refractivity contribution in [2.75, 3.05) is 0 Å². The van der Waals surface area contributed by atoms with Crippen LogP contribution in [-0.4, -0.2) is 16.1 Å². The lowest BCUT2D eigenvalue weighted by atomic mass is 9.63. The van der Waals surface area contributed by atoms with Crippen LogP contribution < -0.4 is 0 Å². The van der Waals surface area contributed by atoms with Crippen LogP contribution in [0.2, 0.25) is 0 Å². The summed E-state index contributed by atoms with van der Waals surface area (Å²) in [5.74, 6) is 1.05. The molecule has 0 bridgehead atoms. The van der Waals surface area contributed by atoms with Crippen molar-refractivity contribution in [3.05, 3.63) is 0 Å². The molecule has 0 aromatic heterocycles. The minimum Gasteiger partial charge on any atom is -0.390 e. The van der Waals surface area contributed by atoms with Crippen LogP contribution in [0.25, 0.3) is 0 Å². The van der Waals surface area contributed by atoms with Gasteiger partial charge in [0.2, 0.25) is 0 Å². The van der Waals surface area contributed by atoms with E-state index in [9.17, 15) is 5.11 Å². The van der Waals surface area contributed by atoms with Gasteiger partial charge in [0.25, 0.3) is 0 Å². The van der Waals surface area contributed by atoms with Crippen LogP contribution >= 0.6 is 11.6 Å². The molecule has 1 N–H and O–H groups in total. The van der Waals surface area contributed by atoms with E-state index in [4.69, 9.17) is 11.6 Å². The van der Waals surface area contributed by atoms with Crippen LogP contribution in [0.1, 0.15) is 45.4 Å². The largest absolute Gasteiger partial charge is 0.390 e. The summed E-state index contributed by atoms with van der Waals surface area (Å²) in [6, 6.07) is 0. The molecule has 0 heterocycles. The number of hydrogen-bond donors (Lipinski definition) is 1. The third-order valence-corrected chi connectivity index (χ3v) is 4.55. The van der Waals surface area contributed by atoms with E-state index in [1.54, 1.807) is 0 Å². The number of rotatable bonds is 0. The lowest BCUT2D eigenvalue weighted by molar-refractivity contribution is -0.0721. The molecule has 76 valence electrons. The normalized spacial score (nSPS) is 51.5. The van der Waals surface area contributed by atoms with Crippen molar-refractivity contribution in [1.82, 2.24) is 0 Å². The van der Waals surface area contributed by atoms with Gasteiger partial charge in [-0.2, -0.15) is 0 Å². The zero-order valence-electron chi connectivity index (χ0n) is 8.30. The Morgan fingerprint density at radius 3 is 2.62 bits per heavy atom. The van der Waals surface area contributed by atoms with E-state index in [1.807, 2.05) is 6.92 Å². The lowest BCUT2D eigenvalue weighted by Crippen LogP contribution is -2.48. The van der Waals surface area contributed by atoms with Gasteiger partial charge in [-0.1, -0.05) is 12.8 Å². The summed E-state index contributed by atoms with van der Waals surface area (Å²) in [5, 5.41) is 10.6. The summed E-state index contributed by atoms with van der Waals surface area (Å²) in [7, 11) is 0. The first kappa shape index (κ1) is 9.79. The standard InChI is InChI=1S/C11H19ClO/c1-11(13)7-6-10(12)8-4-2-3-5-9(8)11/h8-10,13H,2-7H2,1H3/t8-,9-,10-,11+/m0/s1. The van der Waals surface area contributed by atoms with Crippen molar-refractivity contribution >= 4 is 11.6 Å². The van der Waals surface area contributed by atoms with Crippen molar-refractivity contribution in [3.63, 3.8) is 0 Å². The molecule has 0 aromatic carbocycles. The smallest absolute Gasteiger partial charge is 0.0651 e. The second-order valence-corrected chi connectivity index (χ2v) is 5.53. The van der Waals surface area contributed by atoms with E-state index in [-0.39, 0.29) is 0 Å². The fourth-order valence-electron chi connectivity index (χ4n) is 3.19. The van der Waals surface area contributed by atoms with Gasteiger partial charge in [-0.15, -0.1) is 11.6 Å². The topological polar surface area (TPSA) is 20.2 Å². The Labute approximate surface area is 85.5 Å². The van der Waals surface area contributed by atoms with Crippen LogP contribution in [0.5, 0.6) is 0 Å². The van der Waals surface area contributed by atoms with E-state index in [1.165, 1.54) is 25.7 Å². The maximum Gasteiger partial charge on any atom is 0.0651 e. The molecule has 2 aliphatic carbocycles. The van der Waals surface area contributed by atoms with Crippen molar-refractivity contribution < 1.29 is 5.11 Å². The molecule has 0 spiro atoms. The number of fused-ring (bicyclic) bond motifs is 1. The Kier molecular flexibility index (Phi) is 2.59. The highest BCUT2D eigenvalue weighted by atomic mass is 35.5. The molecule has 0 radical (unpaired) electrons. The Morgan fingerprint density at radius 2 is 1.92 bits per heavy atom. The Hall–Kier alpha value is 0.250. The van der Waals surface area contributed by atoms with Gasteiger partial charge in [0.1, 0.15) is 0 Å². The van der Waals surface area contributed by atoms with E-state index >= 15 is 0 Å². The molecule has 2 heteroatoms. The minimum atomic E-state index is -0.434. The van der Waals surface area contributed by atoms with Gasteiger partial charge >= 0.3 is 0 Å². The predicted molar refractivity (Wildman–Crippen MR) is 54.9 cm³/mol. The molecular weight excluding hydrogens is 184 g/mol. The highest BCUT2D eigenvalue weighted by Gasteiger charge is 2.45. The molecule has 1 nitrogen and oxygen atoms in total. The first-order valence-electron chi connectivity index (χ1n) is 5.48. The summed E-state index contributed by atoms with van der Waals surface area (Å²) in [6.07, 6.45) is 6.88. The Morgan fingerprint density at radius 1 is 1.23 bits per heavy atom. The van der Waals surface area contributed by atoms with E-state index in [2.05, 4.69) is 0 Å². The molecule has 2 rings (SSSR count). The molecule has 0 saturated heterocycles. The quantitative estimate of drug-likeness (QED) is 0.599. The van der Waals surface area contributed by atoms with E-state index in [0.717, 1.165) is 12.8 Å². The molecule has 4 atom stereocenters. The number of halogens is 1. The highest BCUT2D eigenvalue weighted by molar-refractivity contribution is 6.20. The van der Waals surface area contributed by atoms with Gasteiger partial charge in [-0.05, 0) is 44.4 Å². The van der Waals surface area contributed by atoms with E-state index in [0.29, 0.717) is 17.2 Å². The second-order valence-electron chi connectivity index (χ2n) is 4.97. The summed E-state index contributed by atoms with van der Waals surface area (Å²) >= 11 is 6.31. The highest BCUT2D eigenvalue weighted by Crippen LogP contribution is 2.47. The van der Waals surface area contributed by atoms with Crippen molar-refractivity contribution in [3.8, 4) is 0 Å². The summed E-state index contributed by atoms with van der Waals surface area (Å²) in [5.41, 5.74) is -0.434. The fourth-order valence-corrected chi connectivity index (χ4v) is 3.60. The van der Waals surface area contributed by atoms with Crippen LogP contribution in [0.15, 0.2) is 0 Å². The van der Waals surface area contributed by atoms with Gasteiger partial charge in [0.05, 0.1) is 5.60 Å². The zero-order chi connectivity index (χ0) is 9.47. The Bertz CT molecular complexity index is 191. The molecule has 2 aliphatic rings. The van der Waals surface area contributed by atoms with Crippen LogP contribution in [0, 0.1) is 11.8 Å². The SMILES string of the molecule is C[C@@]1(O)CC[C@H](Cl)[C@H]2CCCC[C@@H]21. The average Bonchev–Trinajstić information content (AvgIpc) is 2.13. The summed E-state index contributed by atoms with van der Waals surface area (Å²) < 4.78 is 0. The number of hydrogen-bond acceptors (Lipinski definition) is 1. The van der Waals surface area contributed by atoms with Gasteiger partial charge in [-0.25, -0.2) is 0 Å². The molecule has 2 saturated carbocycles. The second kappa shape index (κ2) is 3.43. The van der Waals surface area contributed by atoms with E-state index < -0.39 is 5.60 Å². The Balaban J connectivity index is 2.14. The molecule has 2 fully saturated rings. The first-order chi connectivity index (χ1) is 6.11. The molecule has 0 amide bonds. The lowest BCUT2D eigenvalue weighted by Gasteiger charge is -2.47. The van der Waals surface area contributed by atoms with Crippen molar-refractivity contribution in [1.29, 1.82) is 0 Å². The molecule has 13 heavy (non-hydrogen) atoms. The third-order valence-electron chi connectivity index (χ3n) is 4.01. The van der Waals surface area contributed by atoms with Crippen molar-refractivity contribution in [2.45, 2.75) is 56.4 Å². The van der Waals surface area contributed by atoms with Crippen LogP contribution in [0.3, 0.4) is 0 Å². The molecule has 0 aromatic rings. The predicted octanol–water partition coefficient (Wildman–Crippen LogP) is 2.95. The fraction of sp³-hybridized carbons (Fsp3) is 1.00. The zero-order valence-corrected chi connectivity index (χ0v) is 9.06. The van der Waals surface area contributed by atoms with Crippen LogP contribution in [0.4, 0.5) is 0 Å². The molecular formula is C11H19ClO. The van der Waals surface area contributed by atoms with Gasteiger partial charge in [0.15, 0.2) is 0 Å². The third kappa shape index (κ3) is 1.73. The monoisotopic (exact) mass is 202 g/mol. The minimum absolute atomic E-state index is 0.325. The number of aliphatic hydroxyl groups is 1. The van der Waals surface area contributed by atoms with Gasteiger partial charge in [-0.3, -0.25) is 0 Å². The number of alkyl halides is 1. The average molecular weight is 203 g/mol.